The first-order valence-corrected chi connectivity index (χ1v) is 24.2. The van der Waals surface area contributed by atoms with Gasteiger partial charge in [0.05, 0.1) is 6.04 Å². The summed E-state index contributed by atoms with van der Waals surface area (Å²) in [4.78, 5) is 87.3. The summed E-state index contributed by atoms with van der Waals surface area (Å²) < 4.78 is 0. The Bertz CT molecular complexity index is 2390. The predicted molar refractivity (Wildman–Crippen MR) is 265 cm³/mol. The molecule has 15 heteroatoms. The summed E-state index contributed by atoms with van der Waals surface area (Å²) in [5, 5.41) is 18.6. The van der Waals surface area contributed by atoms with Gasteiger partial charge in [0.25, 0.3) is 0 Å². The average Bonchev–Trinajstić information content (AvgIpc) is 3.46. The molecular formula is C54H70N8O7. The van der Waals surface area contributed by atoms with Crippen molar-refractivity contribution in [2.45, 2.75) is 115 Å². The third kappa shape index (κ3) is 14.7. The number of likely N-dealkylation sites (N-methyl/N-ethyl adjacent to an activating group) is 1. The normalized spacial score (nSPS) is 17.1. The van der Waals surface area contributed by atoms with E-state index < -0.39 is 65.7 Å². The number of aryl methyl sites for hydroxylation is 2. The zero-order valence-electron chi connectivity index (χ0n) is 40.5. The van der Waals surface area contributed by atoms with Gasteiger partial charge in [0, 0.05) is 39.4 Å². The third-order valence-corrected chi connectivity index (χ3v) is 13.8. The van der Waals surface area contributed by atoms with Crippen molar-refractivity contribution in [1.82, 2.24) is 30.7 Å². The molecule has 2 heterocycles. The van der Waals surface area contributed by atoms with Gasteiger partial charge in [-0.2, -0.15) is 0 Å². The third-order valence-electron chi connectivity index (χ3n) is 13.8. The predicted octanol–water partition coefficient (Wildman–Crippen LogP) is 3.62. The molecule has 1 saturated heterocycles. The highest BCUT2D eigenvalue weighted by molar-refractivity contribution is 5.94. The maximum Gasteiger partial charge on any atom is 0.245 e. The van der Waals surface area contributed by atoms with Crippen molar-refractivity contribution in [3.05, 3.63) is 136 Å². The maximum absolute atomic E-state index is 14.3. The first-order chi connectivity index (χ1) is 33.1. The van der Waals surface area contributed by atoms with Gasteiger partial charge in [-0.15, -0.1) is 0 Å². The molecule has 0 aromatic heterocycles. The number of nitrogens with zero attached hydrogens (tertiary/aromatic N) is 3. The highest BCUT2D eigenvalue weighted by atomic mass is 16.3. The molecule has 6 rings (SSSR count). The summed E-state index contributed by atoms with van der Waals surface area (Å²) in [5.74, 6) is -2.32. The summed E-state index contributed by atoms with van der Waals surface area (Å²) in [6.07, 6.45) is 4.60. The second-order valence-electron chi connectivity index (χ2n) is 18.9. The Morgan fingerprint density at radius 2 is 1.41 bits per heavy atom. The molecule has 4 aromatic carbocycles. The minimum absolute atomic E-state index is 0.00551. The fourth-order valence-electron chi connectivity index (χ4n) is 9.54. The van der Waals surface area contributed by atoms with Gasteiger partial charge in [-0.05, 0) is 136 Å². The average molecular weight is 943 g/mol. The van der Waals surface area contributed by atoms with Gasteiger partial charge >= 0.3 is 0 Å². The Morgan fingerprint density at radius 1 is 0.797 bits per heavy atom. The number of phenols is 1. The van der Waals surface area contributed by atoms with E-state index in [0.29, 0.717) is 18.8 Å². The van der Waals surface area contributed by atoms with Crippen LogP contribution in [-0.2, 0) is 61.0 Å². The zero-order chi connectivity index (χ0) is 49.6. The zero-order valence-corrected chi connectivity index (χ0v) is 40.5. The Kier molecular flexibility index (Phi) is 18.5. The lowest BCUT2D eigenvalue weighted by Crippen LogP contribution is -2.56. The number of likely N-dealkylation sites (tertiary alicyclic amines) is 1. The van der Waals surface area contributed by atoms with Gasteiger partial charge in [-0.25, -0.2) is 0 Å². The number of phenolic OH excluding ortho intramolecular Hbond substituents is 1. The van der Waals surface area contributed by atoms with Crippen LogP contribution >= 0.6 is 0 Å². The van der Waals surface area contributed by atoms with Gasteiger partial charge in [0.2, 0.25) is 35.4 Å². The molecule has 368 valence electrons. The van der Waals surface area contributed by atoms with Crippen molar-refractivity contribution >= 4 is 35.4 Å². The number of hydrogen-bond acceptors (Lipinski definition) is 9. The van der Waals surface area contributed by atoms with Gasteiger partial charge < -0.3 is 47.2 Å². The monoisotopic (exact) mass is 943 g/mol. The summed E-state index contributed by atoms with van der Waals surface area (Å²) in [6.45, 7) is 8.06. The summed E-state index contributed by atoms with van der Waals surface area (Å²) in [5.41, 5.74) is 18.5. The van der Waals surface area contributed by atoms with Gasteiger partial charge in [0.15, 0.2) is 0 Å². The van der Waals surface area contributed by atoms with E-state index in [9.17, 15) is 33.9 Å². The fourth-order valence-corrected chi connectivity index (χ4v) is 9.54. The van der Waals surface area contributed by atoms with E-state index in [-0.39, 0.29) is 44.5 Å². The second kappa shape index (κ2) is 24.6. The number of fused-ring (bicyclic) bond motifs is 1. The number of carbonyl (C=O) groups is 6. The van der Waals surface area contributed by atoms with Crippen LogP contribution < -0.4 is 27.4 Å². The molecule has 0 bridgehead atoms. The van der Waals surface area contributed by atoms with Crippen LogP contribution in [0.2, 0.25) is 0 Å². The smallest absolute Gasteiger partial charge is 0.245 e. The van der Waals surface area contributed by atoms with Crippen molar-refractivity contribution in [3.63, 3.8) is 0 Å². The molecule has 0 spiro atoms. The molecule has 2 aliphatic heterocycles. The van der Waals surface area contributed by atoms with E-state index in [1.54, 1.807) is 19.1 Å². The van der Waals surface area contributed by atoms with E-state index in [4.69, 9.17) is 11.5 Å². The molecule has 2 aliphatic rings. The standard InChI is InChI=1S/C54H70N8O7/c1-35-28-43(63)29-36(2)44(35)33-45(55)53(68)60(4)37(3)51(66)59-48-32-41-18-11-12-19-42(41)34-62(54(48)69)27-23-49(64)57-46(52(67)58-47(50(56)65)31-39-16-9-6-10-17-39)20-13-24-61-25-21-40(22-26-61)30-38-14-7-5-8-15-38/h5-12,14-19,28-29,37,40,45-48,63H,13,20-27,30-34,55H2,1-4H3,(H2,56,65)(H,57,64)(H,58,67)(H,59,66)/t37-,45+,46+,47+,48+/m1/s1. The molecule has 15 nitrogen and oxygen atoms in total. The van der Waals surface area contributed by atoms with Crippen LogP contribution in [0.4, 0.5) is 0 Å². The van der Waals surface area contributed by atoms with Crippen LogP contribution in [0.5, 0.6) is 5.75 Å². The van der Waals surface area contributed by atoms with Gasteiger partial charge in [-0.1, -0.05) is 84.9 Å². The molecule has 0 unspecified atom stereocenters. The Morgan fingerprint density at radius 3 is 2.04 bits per heavy atom. The quantitative estimate of drug-likeness (QED) is 0.0718. The van der Waals surface area contributed by atoms with Crippen LogP contribution in [0, 0.1) is 19.8 Å². The number of amides is 6. The lowest BCUT2D eigenvalue weighted by Gasteiger charge is -2.32. The minimum atomic E-state index is -0.999. The number of primary amides is 1. The maximum atomic E-state index is 14.3. The molecular weight excluding hydrogens is 873 g/mol. The van der Waals surface area contributed by atoms with Crippen LogP contribution in [0.25, 0.3) is 0 Å². The van der Waals surface area contributed by atoms with E-state index in [1.807, 2.05) is 74.5 Å². The molecule has 8 N–H and O–H groups in total. The highest BCUT2D eigenvalue weighted by Gasteiger charge is 2.35. The topological polar surface area (TPSA) is 220 Å². The minimum Gasteiger partial charge on any atom is -0.508 e. The number of aromatic hydroxyl groups is 1. The Hall–Kier alpha value is -6.58. The molecule has 1 fully saturated rings. The number of hydrogen-bond donors (Lipinski definition) is 6. The van der Waals surface area contributed by atoms with Crippen molar-refractivity contribution in [2.24, 2.45) is 17.4 Å². The number of carbonyl (C=O) groups excluding carboxylic acids is 6. The van der Waals surface area contributed by atoms with Crippen molar-refractivity contribution in [3.8, 4) is 5.75 Å². The first kappa shape index (κ1) is 51.8. The lowest BCUT2D eigenvalue weighted by atomic mass is 9.90. The van der Waals surface area contributed by atoms with Crippen LogP contribution in [-0.4, -0.2) is 119 Å². The number of benzene rings is 4. The number of nitrogens with two attached hydrogens (primary N) is 2. The molecule has 0 aliphatic carbocycles. The Balaban J connectivity index is 1.08. The summed E-state index contributed by atoms with van der Waals surface area (Å²) >= 11 is 0. The number of nitrogens with one attached hydrogen (secondary N) is 3. The summed E-state index contributed by atoms with van der Waals surface area (Å²) in [7, 11) is 1.50. The van der Waals surface area contributed by atoms with Crippen molar-refractivity contribution in [1.29, 1.82) is 0 Å². The fraction of sp³-hybridized carbons (Fsp3) is 0.444. The van der Waals surface area contributed by atoms with Crippen molar-refractivity contribution in [2.75, 3.05) is 33.2 Å². The Labute approximate surface area is 406 Å². The van der Waals surface area contributed by atoms with Crippen LogP contribution in [0.15, 0.2) is 97.1 Å². The first-order valence-electron chi connectivity index (χ1n) is 24.2. The molecule has 6 amide bonds. The van der Waals surface area contributed by atoms with Gasteiger partial charge in [0.1, 0.15) is 29.9 Å². The molecule has 69 heavy (non-hydrogen) atoms. The van der Waals surface area contributed by atoms with Crippen LogP contribution in [0.1, 0.15) is 78.0 Å². The SMILES string of the molecule is Cc1cc(O)cc(C)c1C[C@H](N)C(=O)N(C)[C@H](C)C(=O)N[C@H]1Cc2ccccc2CN(CCC(=O)N[C@@H](CCCN2CCC(Cc3ccccc3)CC2)C(=O)N[C@@H](Cc2ccccc2)C(N)=O)C1=O. The van der Waals surface area contributed by atoms with E-state index >= 15 is 0 Å². The largest absolute Gasteiger partial charge is 0.508 e. The summed E-state index contributed by atoms with van der Waals surface area (Å²) in [6, 6.07) is 25.6. The molecule has 4 aromatic rings. The number of piperidine rings is 1. The second-order valence-corrected chi connectivity index (χ2v) is 18.9. The number of rotatable bonds is 21. The molecule has 5 atom stereocenters. The van der Waals surface area contributed by atoms with Crippen molar-refractivity contribution < 1.29 is 33.9 Å². The van der Waals surface area contributed by atoms with Gasteiger partial charge in [-0.3, -0.25) is 28.8 Å². The molecule has 0 radical (unpaired) electrons. The van der Waals surface area contributed by atoms with E-state index in [0.717, 1.165) is 72.3 Å². The van der Waals surface area contributed by atoms with Crippen LogP contribution in [0.3, 0.4) is 0 Å². The highest BCUT2D eigenvalue weighted by Crippen LogP contribution is 2.25. The van der Waals surface area contributed by atoms with E-state index in [2.05, 4.69) is 45.1 Å². The molecule has 0 saturated carbocycles. The lowest BCUT2D eigenvalue weighted by molar-refractivity contribution is -0.141. The van der Waals surface area contributed by atoms with E-state index in [1.165, 1.54) is 22.4 Å².